The van der Waals surface area contributed by atoms with Gasteiger partial charge in [-0.05, 0) is 24.3 Å². The lowest BCUT2D eigenvalue weighted by atomic mass is 10.1. The minimum atomic E-state index is -0.532. The smallest absolute Gasteiger partial charge is 0.280 e. The largest absolute Gasteiger partial charge is 0.454 e. The lowest BCUT2D eigenvalue weighted by Crippen LogP contribution is -2.03. The second-order valence-corrected chi connectivity index (χ2v) is 4.56. The molecule has 8 heteroatoms. The molecule has 0 unspecified atom stereocenters. The first-order valence-electron chi connectivity index (χ1n) is 6.34. The highest BCUT2D eigenvalue weighted by molar-refractivity contribution is 6.05. The van der Waals surface area contributed by atoms with E-state index >= 15 is 0 Å². The Hall–Kier alpha value is -3.16. The summed E-state index contributed by atoms with van der Waals surface area (Å²) in [6, 6.07) is 4.34. The number of ether oxygens (including phenoxy) is 2. The molecular weight excluding hydrogens is 290 g/mol. The number of aryl methyl sites for hydroxylation is 1. The molecule has 2 heterocycles. The lowest BCUT2D eigenvalue weighted by molar-refractivity contribution is -0.385. The molecule has 0 atom stereocenters. The van der Waals surface area contributed by atoms with Gasteiger partial charge >= 0.3 is 0 Å². The molecule has 1 aromatic carbocycles. The Kier molecular flexibility index (Phi) is 3.34. The Labute approximate surface area is 124 Å². The first-order chi connectivity index (χ1) is 10.6. The summed E-state index contributed by atoms with van der Waals surface area (Å²) >= 11 is 0. The van der Waals surface area contributed by atoms with Gasteiger partial charge in [-0.25, -0.2) is 0 Å². The number of ketones is 1. The fourth-order valence-corrected chi connectivity index (χ4v) is 2.11. The summed E-state index contributed by atoms with van der Waals surface area (Å²) in [7, 11) is 1.64. The van der Waals surface area contributed by atoms with E-state index in [1.165, 1.54) is 35.2 Å². The molecule has 112 valence electrons. The number of hydrogen-bond donors (Lipinski definition) is 0. The van der Waals surface area contributed by atoms with Crippen molar-refractivity contribution in [3.63, 3.8) is 0 Å². The normalized spacial score (nSPS) is 12.8. The Morgan fingerprint density at radius 1 is 1.41 bits per heavy atom. The number of hydrogen-bond acceptors (Lipinski definition) is 6. The van der Waals surface area contributed by atoms with Crippen molar-refractivity contribution in [1.29, 1.82) is 0 Å². The summed E-state index contributed by atoms with van der Waals surface area (Å²) in [6.45, 7) is 0.0214. The van der Waals surface area contributed by atoms with Crippen LogP contribution in [-0.4, -0.2) is 27.3 Å². The van der Waals surface area contributed by atoms with Crippen molar-refractivity contribution in [2.45, 2.75) is 0 Å². The van der Waals surface area contributed by atoms with E-state index in [-0.39, 0.29) is 23.8 Å². The topological polar surface area (TPSA) is 96.5 Å². The summed E-state index contributed by atoms with van der Waals surface area (Å²) in [4.78, 5) is 22.6. The van der Waals surface area contributed by atoms with E-state index in [0.29, 0.717) is 17.2 Å². The van der Waals surface area contributed by atoms with Crippen molar-refractivity contribution in [1.82, 2.24) is 9.78 Å². The lowest BCUT2D eigenvalue weighted by Gasteiger charge is -2.01. The maximum absolute atomic E-state index is 12.0. The number of nitro groups is 1. The van der Waals surface area contributed by atoms with Crippen molar-refractivity contribution in [2.75, 3.05) is 6.79 Å². The molecule has 0 saturated carbocycles. The van der Waals surface area contributed by atoms with Gasteiger partial charge in [0.2, 0.25) is 12.6 Å². The number of allylic oxidation sites excluding steroid dienone is 1. The van der Waals surface area contributed by atoms with Gasteiger partial charge in [-0.3, -0.25) is 19.6 Å². The molecule has 0 spiro atoms. The van der Waals surface area contributed by atoms with Crippen molar-refractivity contribution in [3.8, 4) is 11.5 Å². The van der Waals surface area contributed by atoms with Gasteiger partial charge < -0.3 is 9.47 Å². The zero-order chi connectivity index (χ0) is 15.7. The number of benzene rings is 1. The summed E-state index contributed by atoms with van der Waals surface area (Å²) in [6.07, 6.45) is 4.15. The van der Waals surface area contributed by atoms with Crippen molar-refractivity contribution in [3.05, 3.63) is 51.8 Å². The van der Waals surface area contributed by atoms with Crippen LogP contribution >= 0.6 is 0 Å². The van der Waals surface area contributed by atoms with Gasteiger partial charge in [-0.1, -0.05) is 0 Å². The number of nitrogens with zero attached hydrogens (tertiary/aromatic N) is 3. The Bertz CT molecular complexity index is 794. The second kappa shape index (κ2) is 5.32. The van der Waals surface area contributed by atoms with Crippen LogP contribution in [-0.2, 0) is 7.05 Å². The highest BCUT2D eigenvalue weighted by atomic mass is 16.7. The van der Waals surface area contributed by atoms with Gasteiger partial charge in [0.25, 0.3) is 5.69 Å². The number of fused-ring (bicyclic) bond motifs is 1. The summed E-state index contributed by atoms with van der Waals surface area (Å²) < 4.78 is 11.7. The highest BCUT2D eigenvalue weighted by Gasteiger charge is 2.22. The zero-order valence-electron chi connectivity index (χ0n) is 11.6. The van der Waals surface area contributed by atoms with Crippen molar-refractivity contribution >= 4 is 17.5 Å². The highest BCUT2D eigenvalue weighted by Crippen LogP contribution is 2.38. The number of carbonyl (C=O) groups excluding carboxylic acids is 1. The monoisotopic (exact) mass is 301 g/mol. The molecule has 0 fully saturated rings. The van der Waals surface area contributed by atoms with Gasteiger partial charge in [0.15, 0.2) is 11.5 Å². The Morgan fingerprint density at radius 3 is 2.77 bits per heavy atom. The van der Waals surface area contributed by atoms with Crippen LogP contribution < -0.4 is 9.47 Å². The maximum atomic E-state index is 12.0. The molecule has 0 saturated heterocycles. The number of rotatable bonds is 4. The molecular formula is C14H11N3O5. The van der Waals surface area contributed by atoms with Gasteiger partial charge in [-0.2, -0.15) is 5.10 Å². The van der Waals surface area contributed by atoms with E-state index < -0.39 is 4.92 Å². The molecule has 0 bridgehead atoms. The van der Waals surface area contributed by atoms with Crippen LogP contribution in [0.5, 0.6) is 11.5 Å². The number of carbonyl (C=O) groups is 1. The third-order valence-electron chi connectivity index (χ3n) is 3.21. The first kappa shape index (κ1) is 13.8. The van der Waals surface area contributed by atoms with Crippen molar-refractivity contribution in [2.24, 2.45) is 7.05 Å². The molecule has 22 heavy (non-hydrogen) atoms. The van der Waals surface area contributed by atoms with Crippen LogP contribution in [0.2, 0.25) is 0 Å². The average molecular weight is 301 g/mol. The Morgan fingerprint density at radius 2 is 2.14 bits per heavy atom. The molecule has 0 aliphatic carbocycles. The zero-order valence-corrected chi connectivity index (χ0v) is 11.6. The molecule has 1 aromatic heterocycles. The molecule has 1 aliphatic rings. The molecule has 3 rings (SSSR count). The predicted octanol–water partition coefficient (Wildman–Crippen LogP) is 1.95. The van der Waals surface area contributed by atoms with Crippen LogP contribution in [0, 0.1) is 10.1 Å². The van der Waals surface area contributed by atoms with Gasteiger partial charge in [0, 0.05) is 13.2 Å². The van der Waals surface area contributed by atoms with Crippen LogP contribution in [0.25, 0.3) is 6.08 Å². The predicted molar refractivity (Wildman–Crippen MR) is 75.8 cm³/mol. The molecule has 8 nitrogen and oxygen atoms in total. The van der Waals surface area contributed by atoms with E-state index in [4.69, 9.17) is 9.47 Å². The van der Waals surface area contributed by atoms with E-state index in [0.717, 1.165) is 0 Å². The van der Waals surface area contributed by atoms with Crippen molar-refractivity contribution < 1.29 is 19.2 Å². The fraction of sp³-hybridized carbons (Fsp3) is 0.143. The molecule has 0 amide bonds. The van der Waals surface area contributed by atoms with Gasteiger partial charge in [0.1, 0.15) is 5.69 Å². The van der Waals surface area contributed by atoms with Crippen LogP contribution in [0.3, 0.4) is 0 Å². The van der Waals surface area contributed by atoms with E-state index in [9.17, 15) is 14.9 Å². The average Bonchev–Trinajstić information content (AvgIpc) is 3.11. The molecule has 0 N–H and O–H groups in total. The van der Waals surface area contributed by atoms with Gasteiger partial charge in [0.05, 0.1) is 16.6 Å². The second-order valence-electron chi connectivity index (χ2n) is 4.56. The first-order valence-corrected chi connectivity index (χ1v) is 6.34. The number of aromatic nitrogens is 2. The molecule has 0 radical (unpaired) electrons. The number of nitro benzene ring substituents is 1. The van der Waals surface area contributed by atoms with E-state index in [2.05, 4.69) is 5.10 Å². The van der Waals surface area contributed by atoms with Crippen LogP contribution in [0.15, 0.2) is 30.5 Å². The third kappa shape index (κ3) is 2.41. The quantitative estimate of drug-likeness (QED) is 0.370. The van der Waals surface area contributed by atoms with E-state index in [1.807, 2.05) is 0 Å². The summed E-state index contributed by atoms with van der Waals surface area (Å²) in [5.74, 6) is 0.437. The minimum Gasteiger partial charge on any atom is -0.454 e. The fourth-order valence-electron chi connectivity index (χ4n) is 2.11. The SMILES string of the molecule is Cn1nccc1C(=O)/C=C/c1cc2c(cc1[N+](=O)[O-])OCO2. The Balaban J connectivity index is 1.95. The molecule has 1 aliphatic heterocycles. The standard InChI is InChI=1S/C14H11N3O5/c1-16-10(4-5-15-16)12(18)3-2-9-6-13-14(22-8-21-13)7-11(9)17(19)20/h2-7H,8H2,1H3/b3-2+. The van der Waals surface area contributed by atoms with Crippen LogP contribution in [0.1, 0.15) is 16.1 Å². The van der Waals surface area contributed by atoms with E-state index in [1.54, 1.807) is 13.1 Å². The third-order valence-corrected chi connectivity index (χ3v) is 3.21. The summed E-state index contributed by atoms with van der Waals surface area (Å²) in [5, 5.41) is 15.0. The molecule has 2 aromatic rings. The van der Waals surface area contributed by atoms with Gasteiger partial charge in [-0.15, -0.1) is 0 Å². The summed E-state index contributed by atoms with van der Waals surface area (Å²) in [5.41, 5.74) is 0.503. The minimum absolute atomic E-state index is 0.0214. The van der Waals surface area contributed by atoms with Crippen LogP contribution in [0.4, 0.5) is 5.69 Å². The maximum Gasteiger partial charge on any atom is 0.280 e.